The molecule has 1 aromatic rings. The van der Waals surface area contributed by atoms with Crippen LogP contribution in [0.4, 0.5) is 0 Å². The zero-order chi connectivity index (χ0) is 15.5. The number of ether oxygens (including phenoxy) is 3. The van der Waals surface area contributed by atoms with Gasteiger partial charge in [0.05, 0.1) is 20.8 Å². The van der Waals surface area contributed by atoms with Crippen LogP contribution in [-0.4, -0.2) is 20.8 Å². The summed E-state index contributed by atoms with van der Waals surface area (Å²) in [6.45, 7) is 3.36. The zero-order valence-electron chi connectivity index (χ0n) is 13.6. The van der Waals surface area contributed by atoms with Crippen LogP contribution in [0.1, 0.15) is 51.0 Å². The molecule has 0 aliphatic heterocycles. The summed E-state index contributed by atoms with van der Waals surface area (Å²) in [4.78, 5) is 0. The third-order valence-electron chi connectivity index (χ3n) is 3.50. The highest BCUT2D eigenvalue weighted by atomic mass is 16.5. The fourth-order valence-electron chi connectivity index (χ4n) is 2.25. The normalized spacial score (nSPS) is 10.5. The van der Waals surface area contributed by atoms with E-state index in [1.807, 2.05) is 12.1 Å². The van der Waals surface area contributed by atoms with Crippen molar-refractivity contribution in [3.8, 4) is 17.2 Å². The van der Waals surface area contributed by atoms with E-state index in [0.717, 1.165) is 12.0 Å². The Balaban J connectivity index is 2.53. The number of benzene rings is 1. The summed E-state index contributed by atoms with van der Waals surface area (Å²) in [7, 11) is 3.26. The van der Waals surface area contributed by atoms with E-state index in [1.165, 1.54) is 32.1 Å². The Labute approximate surface area is 128 Å². The van der Waals surface area contributed by atoms with Gasteiger partial charge in [-0.15, -0.1) is 0 Å². The predicted molar refractivity (Wildman–Crippen MR) is 86.3 cm³/mol. The SMILES string of the molecule is CCCCCCCCOc1c(OC)cc(CN)cc1OC. The van der Waals surface area contributed by atoms with Crippen molar-refractivity contribution in [1.29, 1.82) is 0 Å². The quantitative estimate of drug-likeness (QED) is 0.629. The van der Waals surface area contributed by atoms with Crippen LogP contribution in [0.3, 0.4) is 0 Å². The Morgan fingerprint density at radius 1 is 0.905 bits per heavy atom. The van der Waals surface area contributed by atoms with E-state index in [9.17, 15) is 0 Å². The second-order valence-electron chi connectivity index (χ2n) is 5.15. The molecular formula is C17H29NO3. The summed E-state index contributed by atoms with van der Waals surface area (Å²) in [6, 6.07) is 3.80. The second kappa shape index (κ2) is 10.3. The van der Waals surface area contributed by atoms with E-state index < -0.39 is 0 Å². The topological polar surface area (TPSA) is 53.7 Å². The third kappa shape index (κ3) is 5.84. The fourth-order valence-corrected chi connectivity index (χ4v) is 2.25. The average molecular weight is 295 g/mol. The first kappa shape index (κ1) is 17.6. The molecule has 0 bridgehead atoms. The minimum absolute atomic E-state index is 0.449. The number of unbranched alkanes of at least 4 members (excludes halogenated alkanes) is 5. The van der Waals surface area contributed by atoms with Crippen LogP contribution in [0.25, 0.3) is 0 Å². The fraction of sp³-hybridized carbons (Fsp3) is 0.647. The summed E-state index contributed by atoms with van der Waals surface area (Å²) in [5.41, 5.74) is 6.64. The Kier molecular flexibility index (Phi) is 8.67. The smallest absolute Gasteiger partial charge is 0.203 e. The van der Waals surface area contributed by atoms with Crippen molar-refractivity contribution in [2.45, 2.75) is 52.0 Å². The summed E-state index contributed by atoms with van der Waals surface area (Å²) in [5.74, 6) is 2.03. The maximum atomic E-state index is 5.87. The van der Waals surface area contributed by atoms with Gasteiger partial charge in [-0.2, -0.15) is 0 Å². The molecule has 0 radical (unpaired) electrons. The number of methoxy groups -OCH3 is 2. The summed E-state index contributed by atoms with van der Waals surface area (Å²) >= 11 is 0. The lowest BCUT2D eigenvalue weighted by Crippen LogP contribution is -2.04. The molecule has 21 heavy (non-hydrogen) atoms. The van der Waals surface area contributed by atoms with Crippen LogP contribution in [0.15, 0.2) is 12.1 Å². The van der Waals surface area contributed by atoms with E-state index in [-0.39, 0.29) is 0 Å². The van der Waals surface area contributed by atoms with E-state index in [0.29, 0.717) is 30.4 Å². The number of rotatable bonds is 11. The van der Waals surface area contributed by atoms with E-state index in [4.69, 9.17) is 19.9 Å². The minimum Gasteiger partial charge on any atom is -0.493 e. The molecule has 0 saturated carbocycles. The first-order chi connectivity index (χ1) is 10.3. The molecule has 0 aliphatic rings. The summed E-state index contributed by atoms with van der Waals surface area (Å²) in [6.07, 6.45) is 7.44. The van der Waals surface area contributed by atoms with Gasteiger partial charge in [-0.1, -0.05) is 39.0 Å². The Bertz CT molecular complexity index is 382. The third-order valence-corrected chi connectivity index (χ3v) is 3.50. The van der Waals surface area contributed by atoms with Crippen LogP contribution in [0, 0.1) is 0 Å². The molecular weight excluding hydrogens is 266 g/mol. The molecule has 0 fully saturated rings. The molecule has 0 spiro atoms. The highest BCUT2D eigenvalue weighted by Crippen LogP contribution is 2.38. The van der Waals surface area contributed by atoms with Crippen LogP contribution in [-0.2, 0) is 6.54 Å². The standard InChI is InChI=1S/C17H29NO3/c1-4-5-6-7-8-9-10-21-17-15(19-2)11-14(13-18)12-16(17)20-3/h11-12H,4-10,13,18H2,1-3H3. The van der Waals surface area contributed by atoms with Crippen molar-refractivity contribution in [2.24, 2.45) is 5.73 Å². The molecule has 0 aromatic heterocycles. The van der Waals surface area contributed by atoms with E-state index >= 15 is 0 Å². The number of nitrogens with two attached hydrogens (primary N) is 1. The van der Waals surface area contributed by atoms with Gasteiger partial charge in [0.1, 0.15) is 0 Å². The van der Waals surface area contributed by atoms with E-state index in [2.05, 4.69) is 6.92 Å². The number of hydrogen-bond donors (Lipinski definition) is 1. The lowest BCUT2D eigenvalue weighted by molar-refractivity contribution is 0.267. The molecule has 0 unspecified atom stereocenters. The second-order valence-corrected chi connectivity index (χ2v) is 5.15. The molecule has 0 atom stereocenters. The van der Waals surface area contributed by atoms with Crippen molar-refractivity contribution in [3.05, 3.63) is 17.7 Å². The Hall–Kier alpha value is -1.42. The molecule has 1 aromatic carbocycles. The monoisotopic (exact) mass is 295 g/mol. The van der Waals surface area contributed by atoms with Crippen LogP contribution >= 0.6 is 0 Å². The van der Waals surface area contributed by atoms with Gasteiger partial charge in [-0.25, -0.2) is 0 Å². The van der Waals surface area contributed by atoms with Gasteiger partial charge in [-0.3, -0.25) is 0 Å². The molecule has 1 rings (SSSR count). The largest absolute Gasteiger partial charge is 0.493 e. The lowest BCUT2D eigenvalue weighted by atomic mass is 10.1. The average Bonchev–Trinajstić information content (AvgIpc) is 2.53. The van der Waals surface area contributed by atoms with Gasteiger partial charge in [0.25, 0.3) is 0 Å². The molecule has 2 N–H and O–H groups in total. The predicted octanol–water partition coefficient (Wildman–Crippen LogP) is 3.90. The molecule has 0 heterocycles. The Morgan fingerprint density at radius 3 is 2.00 bits per heavy atom. The highest BCUT2D eigenvalue weighted by molar-refractivity contribution is 5.53. The molecule has 0 amide bonds. The summed E-state index contributed by atoms with van der Waals surface area (Å²) < 4.78 is 16.6. The summed E-state index contributed by atoms with van der Waals surface area (Å²) in [5, 5.41) is 0. The number of hydrogen-bond acceptors (Lipinski definition) is 4. The van der Waals surface area contributed by atoms with Crippen LogP contribution in [0.2, 0.25) is 0 Å². The van der Waals surface area contributed by atoms with Gasteiger partial charge in [-0.05, 0) is 24.1 Å². The molecule has 0 aliphatic carbocycles. The van der Waals surface area contributed by atoms with Crippen molar-refractivity contribution in [2.75, 3.05) is 20.8 Å². The molecule has 0 saturated heterocycles. The highest BCUT2D eigenvalue weighted by Gasteiger charge is 2.13. The van der Waals surface area contributed by atoms with Crippen molar-refractivity contribution in [1.82, 2.24) is 0 Å². The van der Waals surface area contributed by atoms with Gasteiger partial charge >= 0.3 is 0 Å². The zero-order valence-corrected chi connectivity index (χ0v) is 13.6. The van der Waals surface area contributed by atoms with E-state index in [1.54, 1.807) is 14.2 Å². The van der Waals surface area contributed by atoms with Gasteiger partial charge in [0.2, 0.25) is 5.75 Å². The van der Waals surface area contributed by atoms with Crippen molar-refractivity contribution < 1.29 is 14.2 Å². The van der Waals surface area contributed by atoms with Crippen LogP contribution in [0.5, 0.6) is 17.2 Å². The van der Waals surface area contributed by atoms with Crippen LogP contribution < -0.4 is 19.9 Å². The van der Waals surface area contributed by atoms with Crippen molar-refractivity contribution in [3.63, 3.8) is 0 Å². The maximum absolute atomic E-state index is 5.87. The lowest BCUT2D eigenvalue weighted by Gasteiger charge is -2.15. The maximum Gasteiger partial charge on any atom is 0.203 e. The minimum atomic E-state index is 0.449. The van der Waals surface area contributed by atoms with Crippen molar-refractivity contribution >= 4 is 0 Å². The molecule has 4 heteroatoms. The van der Waals surface area contributed by atoms with Gasteiger partial charge in [0.15, 0.2) is 11.5 Å². The first-order valence-electron chi connectivity index (χ1n) is 7.84. The molecule has 4 nitrogen and oxygen atoms in total. The van der Waals surface area contributed by atoms with Gasteiger partial charge < -0.3 is 19.9 Å². The first-order valence-corrected chi connectivity index (χ1v) is 7.84. The van der Waals surface area contributed by atoms with Gasteiger partial charge in [0, 0.05) is 6.54 Å². The Morgan fingerprint density at radius 2 is 1.48 bits per heavy atom. The molecule has 120 valence electrons.